The lowest BCUT2D eigenvalue weighted by atomic mass is 10.0. The van der Waals surface area contributed by atoms with Crippen molar-refractivity contribution in [1.29, 1.82) is 0 Å². The van der Waals surface area contributed by atoms with Crippen molar-refractivity contribution in [2.24, 2.45) is 0 Å². The van der Waals surface area contributed by atoms with Crippen LogP contribution in [0.2, 0.25) is 0 Å². The van der Waals surface area contributed by atoms with E-state index in [4.69, 9.17) is 0 Å². The van der Waals surface area contributed by atoms with Crippen molar-refractivity contribution >= 4 is 12.3 Å². The van der Waals surface area contributed by atoms with Gasteiger partial charge in [0, 0.05) is 37.9 Å². The number of hydrogen-bond donors (Lipinski definition) is 1. The van der Waals surface area contributed by atoms with Crippen molar-refractivity contribution in [3.63, 3.8) is 0 Å². The third kappa shape index (κ3) is 3.01. The molecule has 23 heavy (non-hydrogen) atoms. The molecule has 2 amide bonds. The Labute approximate surface area is 133 Å². The topological polar surface area (TPSA) is 73.5 Å². The SMILES string of the molecule is O=CN1CCN(C(=O)c2c(-c3ccccc3)cc[nH]c2=O)CC1. The van der Waals surface area contributed by atoms with Gasteiger partial charge in [0.15, 0.2) is 0 Å². The normalized spacial score (nSPS) is 14.6. The van der Waals surface area contributed by atoms with E-state index >= 15 is 0 Å². The molecule has 3 rings (SSSR count). The van der Waals surface area contributed by atoms with Gasteiger partial charge < -0.3 is 14.8 Å². The fourth-order valence-electron chi connectivity index (χ4n) is 2.74. The number of amides is 2. The number of rotatable bonds is 3. The van der Waals surface area contributed by atoms with E-state index in [-0.39, 0.29) is 11.5 Å². The van der Waals surface area contributed by atoms with Crippen LogP contribution < -0.4 is 5.56 Å². The highest BCUT2D eigenvalue weighted by Gasteiger charge is 2.25. The van der Waals surface area contributed by atoms with Gasteiger partial charge in [0.05, 0.1) is 0 Å². The van der Waals surface area contributed by atoms with E-state index in [1.807, 2.05) is 30.3 Å². The van der Waals surface area contributed by atoms with E-state index in [1.165, 1.54) is 0 Å². The summed E-state index contributed by atoms with van der Waals surface area (Å²) >= 11 is 0. The molecule has 1 aliphatic heterocycles. The van der Waals surface area contributed by atoms with E-state index in [2.05, 4.69) is 4.98 Å². The first-order valence-corrected chi connectivity index (χ1v) is 7.46. The van der Waals surface area contributed by atoms with Crippen molar-refractivity contribution in [3.8, 4) is 11.1 Å². The van der Waals surface area contributed by atoms with E-state index in [1.54, 1.807) is 22.1 Å². The van der Waals surface area contributed by atoms with E-state index in [9.17, 15) is 14.4 Å². The molecule has 0 bridgehead atoms. The standard InChI is InChI=1S/C17H17N3O3/c21-12-19-8-10-20(11-9-19)17(23)15-14(6-7-18-16(15)22)13-4-2-1-3-5-13/h1-7,12H,8-11H2,(H,18,22). The number of nitrogens with one attached hydrogen (secondary N) is 1. The van der Waals surface area contributed by atoms with Crippen molar-refractivity contribution in [2.75, 3.05) is 26.2 Å². The predicted octanol–water partition coefficient (Wildman–Crippen LogP) is 0.956. The molecule has 1 fully saturated rings. The summed E-state index contributed by atoms with van der Waals surface area (Å²) < 4.78 is 0. The molecule has 1 N–H and O–H groups in total. The van der Waals surface area contributed by atoms with Gasteiger partial charge in [-0.3, -0.25) is 14.4 Å². The first-order chi connectivity index (χ1) is 11.2. The zero-order valence-electron chi connectivity index (χ0n) is 12.6. The number of aromatic amines is 1. The zero-order chi connectivity index (χ0) is 16.2. The summed E-state index contributed by atoms with van der Waals surface area (Å²) in [6, 6.07) is 11.1. The summed E-state index contributed by atoms with van der Waals surface area (Å²) in [5.74, 6) is -0.295. The van der Waals surface area contributed by atoms with Gasteiger partial charge in [0.1, 0.15) is 5.56 Å². The lowest BCUT2D eigenvalue weighted by Gasteiger charge is -2.32. The summed E-state index contributed by atoms with van der Waals surface area (Å²) in [5, 5.41) is 0. The van der Waals surface area contributed by atoms with Crippen molar-refractivity contribution in [3.05, 3.63) is 58.5 Å². The van der Waals surface area contributed by atoms with E-state index in [0.29, 0.717) is 31.7 Å². The number of H-pyrrole nitrogens is 1. The molecule has 2 heterocycles. The molecule has 0 radical (unpaired) electrons. The van der Waals surface area contributed by atoms with Gasteiger partial charge in [-0.15, -0.1) is 0 Å². The first-order valence-electron chi connectivity index (χ1n) is 7.46. The van der Waals surface area contributed by atoms with Crippen LogP contribution in [0.1, 0.15) is 10.4 Å². The zero-order valence-corrected chi connectivity index (χ0v) is 12.6. The molecule has 6 heteroatoms. The number of piperazine rings is 1. The molecule has 0 saturated carbocycles. The van der Waals surface area contributed by atoms with E-state index < -0.39 is 5.56 Å². The molecule has 0 spiro atoms. The van der Waals surface area contributed by atoms with Gasteiger partial charge in [-0.2, -0.15) is 0 Å². The Bertz CT molecular complexity index is 762. The summed E-state index contributed by atoms with van der Waals surface area (Å²) in [5.41, 5.74) is 1.21. The second-order valence-electron chi connectivity index (χ2n) is 5.40. The van der Waals surface area contributed by atoms with Crippen LogP contribution in [0.25, 0.3) is 11.1 Å². The van der Waals surface area contributed by atoms with Crippen LogP contribution in [0.4, 0.5) is 0 Å². The fourth-order valence-corrected chi connectivity index (χ4v) is 2.74. The molecule has 1 saturated heterocycles. The molecule has 0 aliphatic carbocycles. The molecular formula is C17H17N3O3. The molecule has 0 unspecified atom stereocenters. The highest BCUT2D eigenvalue weighted by atomic mass is 16.2. The lowest BCUT2D eigenvalue weighted by Crippen LogP contribution is -2.49. The Morgan fingerprint density at radius 3 is 2.39 bits per heavy atom. The van der Waals surface area contributed by atoms with Crippen LogP contribution in [0.5, 0.6) is 0 Å². The minimum atomic E-state index is -0.394. The van der Waals surface area contributed by atoms with Gasteiger partial charge in [-0.05, 0) is 11.6 Å². The maximum atomic E-state index is 12.8. The number of carbonyl (C=O) groups is 2. The third-order valence-electron chi connectivity index (χ3n) is 4.01. The van der Waals surface area contributed by atoms with Crippen molar-refractivity contribution in [1.82, 2.24) is 14.8 Å². The lowest BCUT2D eigenvalue weighted by molar-refractivity contribution is -0.119. The minimum absolute atomic E-state index is 0.151. The smallest absolute Gasteiger partial charge is 0.261 e. The second kappa shape index (κ2) is 6.48. The van der Waals surface area contributed by atoms with Gasteiger partial charge in [-0.25, -0.2) is 0 Å². The number of nitrogens with zero attached hydrogens (tertiary/aromatic N) is 2. The molecule has 2 aromatic rings. The average molecular weight is 311 g/mol. The number of carbonyl (C=O) groups excluding carboxylic acids is 2. The van der Waals surface area contributed by atoms with E-state index in [0.717, 1.165) is 12.0 Å². The molecule has 0 atom stereocenters. The quantitative estimate of drug-likeness (QED) is 0.858. The Balaban J connectivity index is 1.95. The van der Waals surface area contributed by atoms with Crippen molar-refractivity contribution in [2.45, 2.75) is 0 Å². The van der Waals surface area contributed by atoms with Crippen LogP contribution >= 0.6 is 0 Å². The Morgan fingerprint density at radius 1 is 1.04 bits per heavy atom. The van der Waals surface area contributed by atoms with Crippen LogP contribution in [-0.2, 0) is 4.79 Å². The maximum absolute atomic E-state index is 12.8. The van der Waals surface area contributed by atoms with Gasteiger partial charge in [0.25, 0.3) is 11.5 Å². The molecule has 1 aliphatic rings. The highest BCUT2D eigenvalue weighted by Crippen LogP contribution is 2.22. The summed E-state index contributed by atoms with van der Waals surface area (Å²) in [4.78, 5) is 41.6. The second-order valence-corrected chi connectivity index (χ2v) is 5.40. The molecule has 1 aromatic heterocycles. The minimum Gasteiger partial charge on any atom is -0.342 e. The largest absolute Gasteiger partial charge is 0.342 e. The van der Waals surface area contributed by atoms with Crippen LogP contribution in [0, 0.1) is 0 Å². The molecule has 118 valence electrons. The van der Waals surface area contributed by atoms with Crippen LogP contribution in [0.15, 0.2) is 47.4 Å². The van der Waals surface area contributed by atoms with Crippen molar-refractivity contribution < 1.29 is 9.59 Å². The summed E-state index contributed by atoms with van der Waals surface area (Å²) in [6.45, 7) is 1.83. The highest BCUT2D eigenvalue weighted by molar-refractivity contribution is 6.00. The maximum Gasteiger partial charge on any atom is 0.261 e. The number of benzene rings is 1. The molecule has 6 nitrogen and oxygen atoms in total. The molecule has 1 aromatic carbocycles. The first kappa shape index (κ1) is 15.0. The average Bonchev–Trinajstić information content (AvgIpc) is 2.62. The predicted molar refractivity (Wildman–Crippen MR) is 86.0 cm³/mol. The Hall–Kier alpha value is -2.89. The Morgan fingerprint density at radius 2 is 1.74 bits per heavy atom. The van der Waals surface area contributed by atoms with Crippen LogP contribution in [0.3, 0.4) is 0 Å². The van der Waals surface area contributed by atoms with Gasteiger partial charge >= 0.3 is 0 Å². The summed E-state index contributed by atoms with van der Waals surface area (Å²) in [6.07, 6.45) is 2.33. The Kier molecular flexibility index (Phi) is 4.23. The molecular weight excluding hydrogens is 294 g/mol. The fraction of sp³-hybridized carbons (Fsp3) is 0.235. The number of aromatic nitrogens is 1. The monoisotopic (exact) mass is 311 g/mol. The van der Waals surface area contributed by atoms with Crippen LogP contribution in [-0.4, -0.2) is 53.3 Å². The van der Waals surface area contributed by atoms with Gasteiger partial charge in [-0.1, -0.05) is 30.3 Å². The third-order valence-corrected chi connectivity index (χ3v) is 4.01. The summed E-state index contributed by atoms with van der Waals surface area (Å²) in [7, 11) is 0. The van der Waals surface area contributed by atoms with Gasteiger partial charge in [0.2, 0.25) is 6.41 Å². The number of pyridine rings is 1. The number of hydrogen-bond acceptors (Lipinski definition) is 3.